The summed E-state index contributed by atoms with van der Waals surface area (Å²) in [5.41, 5.74) is 0.753. The zero-order valence-electron chi connectivity index (χ0n) is 10.5. The van der Waals surface area contributed by atoms with Crippen LogP contribution in [0.1, 0.15) is 27.7 Å². The number of benzene rings is 1. The first kappa shape index (κ1) is 11.9. The Morgan fingerprint density at radius 3 is 2.59 bits per heavy atom. The normalized spacial score (nSPS) is 18.0. The number of hydrogen-bond donors (Lipinski definition) is 1. The largest absolute Gasteiger partial charge is 0.370 e. The topological polar surface area (TPSA) is 32.3 Å². The highest BCUT2D eigenvalue weighted by atomic mass is 19.1. The van der Waals surface area contributed by atoms with Gasteiger partial charge < -0.3 is 10.2 Å². The van der Waals surface area contributed by atoms with Gasteiger partial charge >= 0.3 is 0 Å². The second-order valence-electron chi connectivity index (χ2n) is 5.18. The van der Waals surface area contributed by atoms with E-state index in [9.17, 15) is 9.18 Å². The highest BCUT2D eigenvalue weighted by Gasteiger charge is 2.39. The number of anilines is 2. The van der Waals surface area contributed by atoms with E-state index in [1.165, 1.54) is 12.1 Å². The van der Waals surface area contributed by atoms with Crippen molar-refractivity contribution >= 4 is 17.3 Å². The fraction of sp³-hybridized carbons (Fsp3) is 0.462. The van der Waals surface area contributed by atoms with Gasteiger partial charge in [-0.25, -0.2) is 4.39 Å². The van der Waals surface area contributed by atoms with Crippen LogP contribution in [0.15, 0.2) is 18.2 Å². The van der Waals surface area contributed by atoms with Gasteiger partial charge in [0.15, 0.2) is 0 Å². The average molecular weight is 236 g/mol. The molecule has 2 rings (SSSR count). The summed E-state index contributed by atoms with van der Waals surface area (Å²) in [6.45, 7) is 7.51. The van der Waals surface area contributed by atoms with Gasteiger partial charge in [-0.1, -0.05) is 0 Å². The lowest BCUT2D eigenvalue weighted by atomic mass is 9.97. The van der Waals surface area contributed by atoms with Gasteiger partial charge in [0, 0.05) is 6.04 Å². The lowest BCUT2D eigenvalue weighted by Crippen LogP contribution is -2.56. The van der Waals surface area contributed by atoms with E-state index < -0.39 is 5.54 Å². The van der Waals surface area contributed by atoms with E-state index in [0.717, 1.165) is 5.69 Å². The van der Waals surface area contributed by atoms with E-state index in [-0.39, 0.29) is 17.8 Å². The summed E-state index contributed by atoms with van der Waals surface area (Å²) in [7, 11) is 0. The van der Waals surface area contributed by atoms with Crippen molar-refractivity contribution in [2.45, 2.75) is 39.3 Å². The molecule has 0 spiro atoms. The van der Waals surface area contributed by atoms with Crippen LogP contribution in [0.2, 0.25) is 0 Å². The van der Waals surface area contributed by atoms with E-state index in [1.54, 1.807) is 11.0 Å². The molecule has 1 aromatic rings. The zero-order valence-corrected chi connectivity index (χ0v) is 10.5. The molecule has 4 heteroatoms. The molecule has 0 fully saturated rings. The van der Waals surface area contributed by atoms with E-state index in [2.05, 4.69) is 5.32 Å². The van der Waals surface area contributed by atoms with Crippen molar-refractivity contribution < 1.29 is 9.18 Å². The molecule has 1 N–H and O–H groups in total. The molecule has 1 aliphatic heterocycles. The van der Waals surface area contributed by atoms with Crippen LogP contribution in [0.3, 0.4) is 0 Å². The number of nitrogens with one attached hydrogen (secondary N) is 1. The molecule has 1 amide bonds. The van der Waals surface area contributed by atoms with Crippen LogP contribution < -0.4 is 10.2 Å². The minimum absolute atomic E-state index is 0.00410. The second kappa shape index (κ2) is 3.72. The molecule has 1 aromatic carbocycles. The fourth-order valence-electron chi connectivity index (χ4n) is 2.12. The van der Waals surface area contributed by atoms with Crippen molar-refractivity contribution in [3.63, 3.8) is 0 Å². The summed E-state index contributed by atoms with van der Waals surface area (Å²) < 4.78 is 13.3. The van der Waals surface area contributed by atoms with Crippen molar-refractivity contribution in [3.8, 4) is 0 Å². The third kappa shape index (κ3) is 1.88. The summed E-state index contributed by atoms with van der Waals surface area (Å²) >= 11 is 0. The summed E-state index contributed by atoms with van der Waals surface area (Å²) in [5.74, 6) is -0.366. The van der Waals surface area contributed by atoms with Crippen LogP contribution in [-0.4, -0.2) is 17.5 Å². The SMILES string of the molecule is CC(C)N1C(=O)C(C)(C)Nc2ccc(F)cc21. The molecule has 92 valence electrons. The number of halogens is 1. The molecule has 0 bridgehead atoms. The summed E-state index contributed by atoms with van der Waals surface area (Å²) in [6.07, 6.45) is 0. The Kier molecular flexibility index (Phi) is 2.60. The van der Waals surface area contributed by atoms with Gasteiger partial charge in [-0.3, -0.25) is 4.79 Å². The van der Waals surface area contributed by atoms with Crippen molar-refractivity contribution in [1.82, 2.24) is 0 Å². The Morgan fingerprint density at radius 1 is 1.35 bits per heavy atom. The molecule has 0 atom stereocenters. The monoisotopic (exact) mass is 236 g/mol. The third-order valence-corrected chi connectivity index (χ3v) is 2.94. The predicted molar refractivity (Wildman–Crippen MR) is 66.7 cm³/mol. The standard InChI is InChI=1S/C13H17FN2O/c1-8(2)16-11-7-9(14)5-6-10(11)15-13(3,4)12(16)17/h5-8,15H,1-4H3. The predicted octanol–water partition coefficient (Wildman–Crippen LogP) is 2.77. The van der Waals surface area contributed by atoms with Crippen molar-refractivity contribution in [2.75, 3.05) is 10.2 Å². The quantitative estimate of drug-likeness (QED) is 0.813. The Labute approximate surface area is 101 Å². The van der Waals surface area contributed by atoms with Gasteiger partial charge in [0.1, 0.15) is 11.4 Å². The minimum atomic E-state index is -0.658. The Balaban J connectivity index is 2.59. The van der Waals surface area contributed by atoms with Crippen LogP contribution in [0.5, 0.6) is 0 Å². The average Bonchev–Trinajstić information content (AvgIpc) is 2.20. The Hall–Kier alpha value is -1.58. The number of carbonyl (C=O) groups is 1. The zero-order chi connectivity index (χ0) is 12.8. The Morgan fingerprint density at radius 2 is 2.00 bits per heavy atom. The van der Waals surface area contributed by atoms with Crippen LogP contribution >= 0.6 is 0 Å². The highest BCUT2D eigenvalue weighted by molar-refractivity contribution is 6.07. The molecular weight excluding hydrogens is 219 g/mol. The van der Waals surface area contributed by atoms with Crippen LogP contribution in [0.25, 0.3) is 0 Å². The van der Waals surface area contributed by atoms with Crippen LogP contribution in [0.4, 0.5) is 15.8 Å². The fourth-order valence-corrected chi connectivity index (χ4v) is 2.12. The first-order valence-corrected chi connectivity index (χ1v) is 5.74. The maximum atomic E-state index is 13.3. The molecule has 0 saturated carbocycles. The maximum absolute atomic E-state index is 13.3. The summed E-state index contributed by atoms with van der Waals surface area (Å²) in [6, 6.07) is 4.48. The van der Waals surface area contributed by atoms with E-state index >= 15 is 0 Å². The molecule has 1 heterocycles. The number of rotatable bonds is 1. The molecule has 0 aliphatic carbocycles. The molecule has 0 radical (unpaired) electrons. The molecule has 0 unspecified atom stereocenters. The smallest absolute Gasteiger partial charge is 0.252 e. The Bertz CT molecular complexity index is 468. The van der Waals surface area contributed by atoms with Crippen LogP contribution in [0, 0.1) is 5.82 Å². The molecule has 3 nitrogen and oxygen atoms in total. The number of fused-ring (bicyclic) bond motifs is 1. The van der Waals surface area contributed by atoms with E-state index in [4.69, 9.17) is 0 Å². The van der Waals surface area contributed by atoms with E-state index in [1.807, 2.05) is 27.7 Å². The molecule has 1 aliphatic rings. The van der Waals surface area contributed by atoms with Gasteiger partial charge in [0.05, 0.1) is 11.4 Å². The first-order valence-electron chi connectivity index (χ1n) is 5.74. The lowest BCUT2D eigenvalue weighted by molar-refractivity contribution is -0.122. The highest BCUT2D eigenvalue weighted by Crippen LogP contribution is 2.36. The number of hydrogen-bond acceptors (Lipinski definition) is 2. The number of carbonyl (C=O) groups excluding carboxylic acids is 1. The summed E-state index contributed by atoms with van der Waals surface area (Å²) in [5, 5.41) is 3.14. The van der Waals surface area contributed by atoms with Gasteiger partial charge in [-0.15, -0.1) is 0 Å². The van der Waals surface area contributed by atoms with Gasteiger partial charge in [-0.2, -0.15) is 0 Å². The van der Waals surface area contributed by atoms with Crippen molar-refractivity contribution in [1.29, 1.82) is 0 Å². The summed E-state index contributed by atoms with van der Waals surface area (Å²) in [4.78, 5) is 14.0. The third-order valence-electron chi connectivity index (χ3n) is 2.94. The molecular formula is C13H17FN2O. The first-order chi connectivity index (χ1) is 7.83. The van der Waals surface area contributed by atoms with Gasteiger partial charge in [0.2, 0.25) is 0 Å². The van der Waals surface area contributed by atoms with Gasteiger partial charge in [-0.05, 0) is 45.9 Å². The maximum Gasteiger partial charge on any atom is 0.252 e. The minimum Gasteiger partial charge on any atom is -0.370 e. The van der Waals surface area contributed by atoms with Gasteiger partial charge in [0.25, 0.3) is 5.91 Å². The molecule has 17 heavy (non-hydrogen) atoms. The second-order valence-corrected chi connectivity index (χ2v) is 5.18. The molecule has 0 saturated heterocycles. The van der Waals surface area contributed by atoms with Crippen molar-refractivity contribution in [3.05, 3.63) is 24.0 Å². The molecule has 0 aromatic heterocycles. The van der Waals surface area contributed by atoms with Crippen LogP contribution in [-0.2, 0) is 4.79 Å². The van der Waals surface area contributed by atoms with Crippen molar-refractivity contribution in [2.24, 2.45) is 0 Å². The van der Waals surface area contributed by atoms with E-state index in [0.29, 0.717) is 5.69 Å². The number of nitrogens with zero attached hydrogens (tertiary/aromatic N) is 1. The lowest BCUT2D eigenvalue weighted by Gasteiger charge is -2.41. The number of amides is 1.